The summed E-state index contributed by atoms with van der Waals surface area (Å²) in [6, 6.07) is 0. The van der Waals surface area contributed by atoms with Crippen LogP contribution in [0.3, 0.4) is 0 Å². The van der Waals surface area contributed by atoms with E-state index < -0.39 is 10.0 Å². The highest BCUT2D eigenvalue weighted by atomic mass is 32.2. The van der Waals surface area contributed by atoms with E-state index in [4.69, 9.17) is 5.73 Å². The van der Waals surface area contributed by atoms with Crippen LogP contribution in [-0.4, -0.2) is 39.0 Å². The van der Waals surface area contributed by atoms with Gasteiger partial charge in [0.2, 0.25) is 0 Å². The van der Waals surface area contributed by atoms with E-state index in [1.807, 2.05) is 10.8 Å². The number of nitrogens with zero attached hydrogens (tertiary/aromatic N) is 4. The van der Waals surface area contributed by atoms with Gasteiger partial charge in [-0.05, 0) is 0 Å². The number of nitrogens with two attached hydrogens (primary N) is 1. The van der Waals surface area contributed by atoms with Crippen molar-refractivity contribution in [1.29, 1.82) is 0 Å². The number of aromatic amines is 1. The number of hydrogen-bond donors (Lipinski definition) is 2. The number of aromatic nitrogens is 4. The minimum Gasteiger partial charge on any atom is -0.333 e. The summed E-state index contributed by atoms with van der Waals surface area (Å²) in [7, 11) is -3.60. The van der Waals surface area contributed by atoms with Crippen LogP contribution < -0.4 is 5.73 Å². The third-order valence-electron chi connectivity index (χ3n) is 3.21. The van der Waals surface area contributed by atoms with Gasteiger partial charge in [-0.25, -0.2) is 13.4 Å². The monoisotopic (exact) mass is 282 g/mol. The number of nitrogens with one attached hydrogen (secondary N) is 1. The lowest BCUT2D eigenvalue weighted by molar-refractivity contribution is 0.334. The lowest BCUT2D eigenvalue weighted by Gasteiger charge is -2.26. The predicted molar refractivity (Wildman–Crippen MR) is 66.3 cm³/mol. The van der Waals surface area contributed by atoms with Crippen LogP contribution in [0.1, 0.15) is 11.4 Å². The lowest BCUT2D eigenvalue weighted by Crippen LogP contribution is -2.38. The van der Waals surface area contributed by atoms with Crippen LogP contribution in [-0.2, 0) is 29.7 Å². The summed E-state index contributed by atoms with van der Waals surface area (Å²) in [5.74, 6) is 0.739. The highest BCUT2D eigenvalue weighted by molar-refractivity contribution is 7.89. The normalized spacial score (nSPS) is 16.5. The van der Waals surface area contributed by atoms with E-state index >= 15 is 0 Å². The van der Waals surface area contributed by atoms with Gasteiger partial charge in [0.1, 0.15) is 5.82 Å². The zero-order valence-corrected chi connectivity index (χ0v) is 11.0. The van der Waals surface area contributed by atoms with Crippen molar-refractivity contribution < 1.29 is 8.42 Å². The second-order valence-corrected chi connectivity index (χ2v) is 6.18. The molecule has 0 fully saturated rings. The molecule has 19 heavy (non-hydrogen) atoms. The van der Waals surface area contributed by atoms with E-state index in [9.17, 15) is 8.42 Å². The molecule has 0 bridgehead atoms. The van der Waals surface area contributed by atoms with E-state index in [2.05, 4.69) is 15.2 Å². The standard InChI is InChI=1S/C10H14N6O2S/c11-5-8-6-13-14-10(8)19(17,18)16-4-3-15-2-1-12-9(15)7-16/h1-2,6H,3-5,7,11H2,(H,13,14). The molecule has 0 spiro atoms. The fourth-order valence-corrected chi connectivity index (χ4v) is 3.65. The fourth-order valence-electron chi connectivity index (χ4n) is 2.15. The van der Waals surface area contributed by atoms with Crippen molar-refractivity contribution in [3.63, 3.8) is 0 Å². The van der Waals surface area contributed by atoms with E-state index in [0.717, 1.165) is 5.82 Å². The molecule has 2 aromatic heterocycles. The maximum atomic E-state index is 12.5. The van der Waals surface area contributed by atoms with Crippen molar-refractivity contribution in [2.24, 2.45) is 5.73 Å². The molecule has 0 amide bonds. The molecule has 8 nitrogen and oxygen atoms in total. The average molecular weight is 282 g/mol. The van der Waals surface area contributed by atoms with Crippen molar-refractivity contribution in [2.45, 2.75) is 24.7 Å². The lowest BCUT2D eigenvalue weighted by atomic mass is 10.4. The van der Waals surface area contributed by atoms with Gasteiger partial charge in [0.25, 0.3) is 10.0 Å². The summed E-state index contributed by atoms with van der Waals surface area (Å²) in [5.41, 5.74) is 6.02. The number of sulfonamides is 1. The molecule has 0 aliphatic carbocycles. The SMILES string of the molecule is NCc1cn[nH]c1S(=O)(=O)N1CCn2ccnc2C1. The molecule has 3 rings (SSSR count). The summed E-state index contributed by atoms with van der Waals surface area (Å²) < 4.78 is 28.4. The average Bonchev–Trinajstić information content (AvgIpc) is 3.06. The van der Waals surface area contributed by atoms with Crippen molar-refractivity contribution >= 4 is 10.0 Å². The third-order valence-corrected chi connectivity index (χ3v) is 5.07. The van der Waals surface area contributed by atoms with Crippen LogP contribution in [0.15, 0.2) is 23.6 Å². The topological polar surface area (TPSA) is 110 Å². The highest BCUT2D eigenvalue weighted by Crippen LogP contribution is 2.21. The summed E-state index contributed by atoms with van der Waals surface area (Å²) >= 11 is 0. The Morgan fingerprint density at radius 2 is 2.26 bits per heavy atom. The highest BCUT2D eigenvalue weighted by Gasteiger charge is 2.31. The molecule has 0 radical (unpaired) electrons. The molecule has 3 N–H and O–H groups in total. The van der Waals surface area contributed by atoms with Crippen molar-refractivity contribution in [3.05, 3.63) is 30.0 Å². The van der Waals surface area contributed by atoms with Crippen LogP contribution in [0.5, 0.6) is 0 Å². The second kappa shape index (κ2) is 4.44. The maximum Gasteiger partial charge on any atom is 0.260 e. The fraction of sp³-hybridized carbons (Fsp3) is 0.400. The van der Waals surface area contributed by atoms with Gasteiger partial charge in [-0.3, -0.25) is 5.10 Å². The number of hydrogen-bond acceptors (Lipinski definition) is 5. The Kier molecular flexibility index (Phi) is 2.88. The zero-order valence-electron chi connectivity index (χ0n) is 10.2. The molecule has 0 atom stereocenters. The first kappa shape index (κ1) is 12.3. The number of H-pyrrole nitrogens is 1. The Hall–Kier alpha value is -1.71. The number of fused-ring (bicyclic) bond motifs is 1. The maximum absolute atomic E-state index is 12.5. The van der Waals surface area contributed by atoms with E-state index in [1.165, 1.54) is 10.5 Å². The number of rotatable bonds is 3. The van der Waals surface area contributed by atoms with Gasteiger partial charge >= 0.3 is 0 Å². The van der Waals surface area contributed by atoms with E-state index in [-0.39, 0.29) is 18.1 Å². The number of imidazole rings is 1. The van der Waals surface area contributed by atoms with Crippen LogP contribution in [0.2, 0.25) is 0 Å². The van der Waals surface area contributed by atoms with Gasteiger partial charge in [0.15, 0.2) is 5.03 Å². The molecule has 0 saturated heterocycles. The van der Waals surface area contributed by atoms with Gasteiger partial charge in [-0.15, -0.1) is 0 Å². The van der Waals surface area contributed by atoms with Gasteiger partial charge in [0.05, 0.1) is 12.7 Å². The zero-order chi connectivity index (χ0) is 13.5. The van der Waals surface area contributed by atoms with Crippen LogP contribution in [0.4, 0.5) is 0 Å². The quantitative estimate of drug-likeness (QED) is 0.771. The molecule has 102 valence electrons. The molecule has 0 saturated carbocycles. The molecular weight excluding hydrogens is 268 g/mol. The molecule has 9 heteroatoms. The Morgan fingerprint density at radius 3 is 3.05 bits per heavy atom. The molecular formula is C10H14N6O2S. The first-order valence-electron chi connectivity index (χ1n) is 5.85. The summed E-state index contributed by atoms with van der Waals surface area (Å²) in [4.78, 5) is 4.15. The largest absolute Gasteiger partial charge is 0.333 e. The minimum absolute atomic E-state index is 0.0787. The molecule has 1 aliphatic heterocycles. The predicted octanol–water partition coefficient (Wildman–Crippen LogP) is -0.731. The van der Waals surface area contributed by atoms with Gasteiger partial charge in [-0.1, -0.05) is 0 Å². The van der Waals surface area contributed by atoms with Crippen LogP contribution in [0.25, 0.3) is 0 Å². The first-order chi connectivity index (χ1) is 9.13. The first-order valence-corrected chi connectivity index (χ1v) is 7.29. The third kappa shape index (κ3) is 1.95. The molecule has 0 unspecified atom stereocenters. The Bertz CT molecular complexity index is 688. The summed E-state index contributed by atoms with van der Waals surface area (Å²) in [6.45, 7) is 1.40. The Labute approximate surface area is 110 Å². The van der Waals surface area contributed by atoms with Crippen LogP contribution in [0, 0.1) is 0 Å². The van der Waals surface area contributed by atoms with E-state index in [1.54, 1.807) is 6.20 Å². The molecule has 3 heterocycles. The van der Waals surface area contributed by atoms with Crippen molar-refractivity contribution in [1.82, 2.24) is 24.1 Å². The van der Waals surface area contributed by atoms with Gasteiger partial charge < -0.3 is 10.3 Å². The Balaban J connectivity index is 1.94. The molecule has 0 aromatic carbocycles. The van der Waals surface area contributed by atoms with Crippen LogP contribution >= 0.6 is 0 Å². The second-order valence-electron chi connectivity index (χ2n) is 4.30. The Morgan fingerprint density at radius 1 is 1.42 bits per heavy atom. The van der Waals surface area contributed by atoms with E-state index in [0.29, 0.717) is 18.7 Å². The minimum atomic E-state index is -3.60. The summed E-state index contributed by atoms with van der Waals surface area (Å²) in [5, 5.41) is 6.36. The van der Waals surface area contributed by atoms with Crippen molar-refractivity contribution in [2.75, 3.05) is 6.54 Å². The van der Waals surface area contributed by atoms with Gasteiger partial charge in [0, 0.05) is 37.6 Å². The van der Waals surface area contributed by atoms with Gasteiger partial charge in [-0.2, -0.15) is 9.40 Å². The summed E-state index contributed by atoms with van der Waals surface area (Å²) in [6.07, 6.45) is 4.96. The molecule has 1 aliphatic rings. The van der Waals surface area contributed by atoms with Crippen molar-refractivity contribution in [3.8, 4) is 0 Å². The molecule has 2 aromatic rings. The smallest absolute Gasteiger partial charge is 0.260 e.